The van der Waals surface area contributed by atoms with Gasteiger partial charge < -0.3 is 9.29 Å². The monoisotopic (exact) mass is 419 g/mol. The van der Waals surface area contributed by atoms with Gasteiger partial charge in [-0.3, -0.25) is 0 Å². The first-order valence-electron chi connectivity index (χ1n) is 9.70. The van der Waals surface area contributed by atoms with Crippen LogP contribution in [-0.2, 0) is 24.9 Å². The molecule has 0 amide bonds. The van der Waals surface area contributed by atoms with Crippen LogP contribution in [0.2, 0.25) is 0 Å². The molecule has 1 aliphatic heterocycles. The van der Waals surface area contributed by atoms with Gasteiger partial charge in [-0.05, 0) is 53.7 Å². The van der Waals surface area contributed by atoms with Crippen molar-refractivity contribution in [3.05, 3.63) is 60.2 Å². The molecule has 2 fully saturated rings. The van der Waals surface area contributed by atoms with Crippen LogP contribution in [0.4, 0.5) is 0 Å². The summed E-state index contributed by atoms with van der Waals surface area (Å²) in [7, 11) is -7.35. The standard InChI is InChI=1S/C21H25NO4S2/c1-16-12-14-19(15-13-16)28(24,25)22-27(23,18-10-6-3-7-11-18)21-20(26-21)17-8-4-2-5-9-17/h3,6-7,10-15,17,20-21H,2,4-5,8-9H2,1H3/t20-,21-,27?/m0/s1. The molecule has 28 heavy (non-hydrogen) atoms. The minimum Gasteiger partial charge on any atom is -0.623 e. The predicted molar refractivity (Wildman–Crippen MR) is 109 cm³/mol. The first-order valence-corrected chi connectivity index (χ1v) is 12.7. The number of rotatable bonds is 5. The van der Waals surface area contributed by atoms with Gasteiger partial charge in [-0.15, -0.1) is 0 Å². The molecule has 0 radical (unpaired) electrons. The van der Waals surface area contributed by atoms with Gasteiger partial charge in [-0.1, -0.05) is 55.2 Å². The molecule has 0 N–H and O–H groups in total. The van der Waals surface area contributed by atoms with Gasteiger partial charge in [-0.2, -0.15) is 8.42 Å². The van der Waals surface area contributed by atoms with E-state index in [-0.39, 0.29) is 11.0 Å². The van der Waals surface area contributed by atoms with Crippen LogP contribution in [0.5, 0.6) is 0 Å². The zero-order valence-electron chi connectivity index (χ0n) is 15.9. The molecule has 150 valence electrons. The lowest BCUT2D eigenvalue weighted by atomic mass is 9.87. The summed E-state index contributed by atoms with van der Waals surface area (Å²) in [6, 6.07) is 15.1. The van der Waals surface area contributed by atoms with E-state index in [9.17, 15) is 13.0 Å². The molecule has 0 bridgehead atoms. The third-order valence-corrected chi connectivity index (χ3v) is 10.0. The summed E-state index contributed by atoms with van der Waals surface area (Å²) in [5, 5.41) is 0. The van der Waals surface area contributed by atoms with E-state index in [4.69, 9.17) is 4.74 Å². The van der Waals surface area contributed by atoms with Crippen molar-refractivity contribution >= 4 is 20.1 Å². The molecule has 1 aliphatic carbocycles. The van der Waals surface area contributed by atoms with Gasteiger partial charge in [0.25, 0.3) is 0 Å². The van der Waals surface area contributed by atoms with Crippen molar-refractivity contribution in [2.45, 2.75) is 60.4 Å². The summed E-state index contributed by atoms with van der Waals surface area (Å²) >= 11 is 0. The zero-order valence-corrected chi connectivity index (χ0v) is 17.5. The molecule has 1 unspecified atom stereocenters. The fourth-order valence-electron chi connectivity index (χ4n) is 3.90. The highest BCUT2D eigenvalue weighted by molar-refractivity contribution is 8.07. The van der Waals surface area contributed by atoms with E-state index in [1.807, 2.05) is 13.0 Å². The second kappa shape index (κ2) is 7.71. The minimum absolute atomic E-state index is 0.0524. The van der Waals surface area contributed by atoms with Gasteiger partial charge in [0.2, 0.25) is 5.44 Å². The molecule has 2 aromatic carbocycles. The lowest BCUT2D eigenvalue weighted by molar-refractivity contribution is 0.265. The number of nitrogens with zero attached hydrogens (tertiary/aromatic N) is 1. The molecule has 0 spiro atoms. The second-order valence-corrected chi connectivity index (χ2v) is 11.7. The molecule has 1 saturated carbocycles. The summed E-state index contributed by atoms with van der Waals surface area (Å²) in [5.74, 6) is 0.334. The van der Waals surface area contributed by atoms with Crippen LogP contribution < -0.4 is 0 Å². The topological polar surface area (TPSA) is 82.1 Å². The Morgan fingerprint density at radius 1 is 1.00 bits per heavy atom. The van der Waals surface area contributed by atoms with Crippen LogP contribution in [0.1, 0.15) is 37.7 Å². The highest BCUT2D eigenvalue weighted by Crippen LogP contribution is 2.46. The maximum Gasteiger partial charge on any atom is 0.317 e. The Morgan fingerprint density at radius 3 is 2.29 bits per heavy atom. The van der Waals surface area contributed by atoms with Gasteiger partial charge >= 0.3 is 10.0 Å². The van der Waals surface area contributed by atoms with E-state index in [0.717, 1.165) is 31.2 Å². The molecular formula is C21H25NO4S2. The molecule has 2 aliphatic rings. The first kappa shape index (κ1) is 19.8. The Labute approximate surface area is 168 Å². The number of ether oxygens (including phenoxy) is 1. The van der Waals surface area contributed by atoms with E-state index in [2.05, 4.69) is 3.77 Å². The highest BCUT2D eigenvalue weighted by atomic mass is 32.3. The van der Waals surface area contributed by atoms with Crippen molar-refractivity contribution in [3.8, 4) is 0 Å². The third-order valence-electron chi connectivity index (χ3n) is 5.52. The highest BCUT2D eigenvalue weighted by Gasteiger charge is 2.56. The van der Waals surface area contributed by atoms with Crippen molar-refractivity contribution in [1.82, 2.24) is 0 Å². The summed E-state index contributed by atoms with van der Waals surface area (Å²) < 4.78 is 49.7. The largest absolute Gasteiger partial charge is 0.623 e. The molecular weight excluding hydrogens is 394 g/mol. The number of epoxide rings is 1. The predicted octanol–water partition coefficient (Wildman–Crippen LogP) is 4.52. The van der Waals surface area contributed by atoms with Gasteiger partial charge in [-0.25, -0.2) is 0 Å². The van der Waals surface area contributed by atoms with Crippen molar-refractivity contribution in [2.24, 2.45) is 9.69 Å². The van der Waals surface area contributed by atoms with Crippen molar-refractivity contribution in [2.75, 3.05) is 0 Å². The summed E-state index contributed by atoms with van der Waals surface area (Å²) in [6.07, 6.45) is 5.40. The number of hydrogen-bond acceptors (Lipinski definition) is 4. The van der Waals surface area contributed by atoms with Crippen LogP contribution in [0.15, 0.2) is 68.2 Å². The van der Waals surface area contributed by atoms with Gasteiger partial charge in [0.1, 0.15) is 11.0 Å². The molecule has 1 heterocycles. The van der Waals surface area contributed by atoms with E-state index in [0.29, 0.717) is 10.8 Å². The van der Waals surface area contributed by atoms with Crippen LogP contribution in [0.3, 0.4) is 0 Å². The Hall–Kier alpha value is -1.54. The molecule has 3 atom stereocenters. The van der Waals surface area contributed by atoms with Crippen LogP contribution in [0, 0.1) is 12.8 Å². The van der Waals surface area contributed by atoms with Crippen LogP contribution in [0.25, 0.3) is 0 Å². The van der Waals surface area contributed by atoms with Crippen molar-refractivity contribution < 1.29 is 17.7 Å². The third kappa shape index (κ3) is 3.94. The van der Waals surface area contributed by atoms with Crippen LogP contribution >= 0.6 is 0 Å². The quantitative estimate of drug-likeness (QED) is 0.527. The van der Waals surface area contributed by atoms with E-state index < -0.39 is 25.6 Å². The molecule has 2 aromatic rings. The fourth-order valence-corrected chi connectivity index (χ4v) is 8.25. The first-order chi connectivity index (χ1) is 13.4. The molecule has 0 aromatic heterocycles. The molecule has 7 heteroatoms. The summed E-state index contributed by atoms with van der Waals surface area (Å²) in [6.45, 7) is 1.88. The lowest BCUT2D eigenvalue weighted by Gasteiger charge is -2.22. The van der Waals surface area contributed by atoms with Gasteiger partial charge in [0.05, 0.1) is 4.90 Å². The smallest absolute Gasteiger partial charge is 0.317 e. The average molecular weight is 420 g/mol. The van der Waals surface area contributed by atoms with Crippen molar-refractivity contribution in [1.29, 1.82) is 0 Å². The lowest BCUT2D eigenvalue weighted by Crippen LogP contribution is -2.25. The zero-order chi connectivity index (χ0) is 19.8. The summed E-state index contributed by atoms with van der Waals surface area (Å²) in [4.78, 5) is 0.464. The maximum absolute atomic E-state index is 14.0. The average Bonchev–Trinajstić information content (AvgIpc) is 3.51. The number of aryl methyl sites for hydroxylation is 1. The van der Waals surface area contributed by atoms with Crippen molar-refractivity contribution in [3.63, 3.8) is 0 Å². The van der Waals surface area contributed by atoms with Crippen LogP contribution in [-0.4, -0.2) is 24.5 Å². The molecule has 4 rings (SSSR count). The maximum atomic E-state index is 14.0. The number of sulfonamides is 1. The normalized spacial score (nSPS) is 25.1. The SMILES string of the molecule is Cc1ccc(S(=O)(=O)N=[S+]([O-])(c2ccccc2)[C@@H]2O[C@H]2C2CCCCC2)cc1. The van der Waals surface area contributed by atoms with Gasteiger partial charge in [0.15, 0.2) is 0 Å². The number of hydrogen-bond donors (Lipinski definition) is 0. The second-order valence-electron chi connectivity index (χ2n) is 7.61. The minimum atomic E-state index is -4.07. The van der Waals surface area contributed by atoms with E-state index in [1.165, 1.54) is 18.6 Å². The van der Waals surface area contributed by atoms with E-state index >= 15 is 0 Å². The Bertz CT molecular complexity index is 981. The Kier molecular flexibility index (Phi) is 5.44. The Morgan fingerprint density at radius 2 is 1.64 bits per heavy atom. The van der Waals surface area contributed by atoms with Gasteiger partial charge in [0, 0.05) is 10.1 Å². The fraction of sp³-hybridized carbons (Fsp3) is 0.429. The molecule has 5 nitrogen and oxygen atoms in total. The Balaban J connectivity index is 1.74. The number of benzene rings is 2. The molecule has 1 saturated heterocycles. The van der Waals surface area contributed by atoms with E-state index in [1.54, 1.807) is 36.4 Å². The summed E-state index contributed by atoms with van der Waals surface area (Å²) in [5.41, 5.74) is 0.281.